The molecule has 0 radical (unpaired) electrons. The number of hydrogen-bond donors (Lipinski definition) is 2. The molecule has 0 saturated heterocycles. The summed E-state index contributed by atoms with van der Waals surface area (Å²) >= 11 is 5.89. The van der Waals surface area contributed by atoms with Gasteiger partial charge in [-0.3, -0.25) is 14.4 Å². The molecule has 0 saturated carbocycles. The van der Waals surface area contributed by atoms with E-state index in [1.165, 1.54) is 0 Å². The van der Waals surface area contributed by atoms with Crippen molar-refractivity contribution in [3.05, 3.63) is 82.9 Å². The molecule has 0 unspecified atom stereocenters. The van der Waals surface area contributed by atoms with Crippen LogP contribution in [0, 0.1) is 5.92 Å². The third kappa shape index (κ3) is 7.54. The number of nitrogens with one attached hydrogen (secondary N) is 2. The van der Waals surface area contributed by atoms with Crippen molar-refractivity contribution in [3.8, 4) is 0 Å². The fourth-order valence-electron chi connectivity index (χ4n) is 3.41. The van der Waals surface area contributed by atoms with E-state index in [0.29, 0.717) is 24.4 Å². The van der Waals surface area contributed by atoms with Crippen LogP contribution in [-0.4, -0.2) is 24.3 Å². The number of ether oxygens (including phenoxy) is 1. The highest BCUT2D eigenvalue weighted by molar-refractivity contribution is 6.30. The normalized spacial score (nSPS) is 20.8. The van der Waals surface area contributed by atoms with E-state index in [9.17, 15) is 14.4 Å². The topological polar surface area (TPSA) is 84.5 Å². The van der Waals surface area contributed by atoms with Crippen LogP contribution in [0.5, 0.6) is 0 Å². The molecule has 0 aromatic heterocycles. The molecular weight excluding hydrogens is 428 g/mol. The van der Waals surface area contributed by atoms with Gasteiger partial charge in [0.25, 0.3) is 0 Å². The highest BCUT2D eigenvalue weighted by atomic mass is 35.5. The van der Waals surface area contributed by atoms with Crippen molar-refractivity contribution in [2.75, 3.05) is 6.54 Å². The number of allylic oxidation sites excluding steroid dienone is 2. The molecule has 2 aromatic carbocycles. The molecule has 2 aromatic rings. The lowest BCUT2D eigenvalue weighted by Gasteiger charge is -2.21. The van der Waals surface area contributed by atoms with Crippen molar-refractivity contribution in [2.45, 2.75) is 38.3 Å². The second-order valence-corrected chi connectivity index (χ2v) is 8.12. The van der Waals surface area contributed by atoms with Gasteiger partial charge in [-0.2, -0.15) is 0 Å². The highest BCUT2D eigenvalue weighted by Gasteiger charge is 2.24. The van der Waals surface area contributed by atoms with Gasteiger partial charge in [-0.15, -0.1) is 0 Å². The van der Waals surface area contributed by atoms with Gasteiger partial charge < -0.3 is 15.4 Å². The van der Waals surface area contributed by atoms with Crippen LogP contribution < -0.4 is 10.6 Å². The lowest BCUT2D eigenvalue weighted by molar-refractivity contribution is -0.150. The van der Waals surface area contributed by atoms with Crippen LogP contribution in [0.25, 0.3) is 0 Å². The molecule has 7 heteroatoms. The summed E-state index contributed by atoms with van der Waals surface area (Å²) < 4.78 is 5.59. The van der Waals surface area contributed by atoms with E-state index in [2.05, 4.69) is 10.6 Å². The van der Waals surface area contributed by atoms with Gasteiger partial charge in [0.05, 0.1) is 12.5 Å². The standard InChI is InChI=1S/C25H27ClN2O4/c26-21-13-11-18(12-14-21)16-27-23(29)15-20-9-5-2-6-10-24(30)32-22(17-28-25(20)31)19-7-3-1-4-8-19/h1-5,7-8,11-14,20,22H,6,9-10,15-17H2,(H,27,29)(H,28,31)/b5-2-/t20-,22-/m0/s1. The number of carbonyl (C=O) groups excluding carboxylic acids is 3. The van der Waals surface area contributed by atoms with Gasteiger partial charge in [0.2, 0.25) is 11.8 Å². The lowest BCUT2D eigenvalue weighted by atomic mass is 9.98. The number of benzene rings is 2. The maximum atomic E-state index is 12.9. The predicted octanol–water partition coefficient (Wildman–Crippen LogP) is 4.10. The number of rotatable bonds is 5. The third-order valence-corrected chi connectivity index (χ3v) is 5.47. The number of esters is 1. The minimum atomic E-state index is -0.574. The minimum Gasteiger partial charge on any atom is -0.456 e. The van der Waals surface area contributed by atoms with Gasteiger partial charge >= 0.3 is 5.97 Å². The van der Waals surface area contributed by atoms with Crippen LogP contribution in [0.4, 0.5) is 0 Å². The zero-order valence-corrected chi connectivity index (χ0v) is 18.5. The zero-order chi connectivity index (χ0) is 22.8. The van der Waals surface area contributed by atoms with Gasteiger partial charge in [0, 0.05) is 24.4 Å². The van der Waals surface area contributed by atoms with E-state index in [1.54, 1.807) is 12.1 Å². The molecule has 32 heavy (non-hydrogen) atoms. The summed E-state index contributed by atoms with van der Waals surface area (Å²) in [4.78, 5) is 37.5. The minimum absolute atomic E-state index is 0.0690. The van der Waals surface area contributed by atoms with Gasteiger partial charge in [-0.25, -0.2) is 0 Å². The average Bonchev–Trinajstić information content (AvgIpc) is 2.80. The molecule has 1 aliphatic rings. The van der Waals surface area contributed by atoms with Gasteiger partial charge in [0.15, 0.2) is 0 Å². The Morgan fingerprint density at radius 3 is 2.56 bits per heavy atom. The van der Waals surface area contributed by atoms with E-state index in [-0.39, 0.29) is 37.2 Å². The largest absolute Gasteiger partial charge is 0.456 e. The Kier molecular flexibility index (Phi) is 8.87. The van der Waals surface area contributed by atoms with Crippen LogP contribution in [0.15, 0.2) is 66.7 Å². The Morgan fingerprint density at radius 1 is 1.06 bits per heavy atom. The first kappa shape index (κ1) is 23.5. The molecule has 6 nitrogen and oxygen atoms in total. The molecule has 2 amide bonds. The van der Waals surface area contributed by atoms with Crippen molar-refractivity contribution in [1.82, 2.24) is 10.6 Å². The molecular formula is C25H27ClN2O4. The number of halogens is 1. The molecule has 2 N–H and O–H groups in total. The Morgan fingerprint density at radius 2 is 1.81 bits per heavy atom. The first-order chi connectivity index (χ1) is 15.5. The predicted molar refractivity (Wildman–Crippen MR) is 123 cm³/mol. The Balaban J connectivity index is 1.62. The van der Waals surface area contributed by atoms with E-state index in [0.717, 1.165) is 11.1 Å². The molecule has 0 aliphatic carbocycles. The third-order valence-electron chi connectivity index (χ3n) is 5.21. The van der Waals surface area contributed by atoms with Gasteiger partial charge in [-0.1, -0.05) is 66.2 Å². The SMILES string of the molecule is O=C(C[C@@H]1C/C=C\CCC(=O)O[C@H](c2ccccc2)CNC1=O)NCc1ccc(Cl)cc1. The quantitative estimate of drug-likeness (QED) is 0.526. The summed E-state index contributed by atoms with van der Waals surface area (Å²) in [5, 5.41) is 6.35. The maximum absolute atomic E-state index is 12.9. The van der Waals surface area contributed by atoms with Crippen molar-refractivity contribution in [3.63, 3.8) is 0 Å². The number of cyclic esters (lactones) is 1. The maximum Gasteiger partial charge on any atom is 0.306 e. The highest BCUT2D eigenvalue weighted by Crippen LogP contribution is 2.19. The first-order valence-electron chi connectivity index (χ1n) is 10.7. The van der Waals surface area contributed by atoms with Crippen molar-refractivity contribution >= 4 is 29.4 Å². The molecule has 3 rings (SSSR count). The van der Waals surface area contributed by atoms with Crippen molar-refractivity contribution in [2.24, 2.45) is 5.92 Å². The van der Waals surface area contributed by atoms with Gasteiger partial charge in [0.1, 0.15) is 6.10 Å². The summed E-state index contributed by atoms with van der Waals surface area (Å²) in [6.07, 6.45) is 4.41. The molecule has 0 bridgehead atoms. The molecule has 0 fully saturated rings. The molecule has 2 atom stereocenters. The fourth-order valence-corrected chi connectivity index (χ4v) is 3.54. The van der Waals surface area contributed by atoms with Crippen molar-refractivity contribution < 1.29 is 19.1 Å². The number of carbonyl (C=O) groups is 3. The fraction of sp³-hybridized carbons (Fsp3) is 0.320. The molecule has 1 aliphatic heterocycles. The van der Waals surface area contributed by atoms with Crippen LogP contribution in [0.2, 0.25) is 5.02 Å². The van der Waals surface area contributed by atoms with E-state index in [4.69, 9.17) is 16.3 Å². The molecule has 1 heterocycles. The van der Waals surface area contributed by atoms with E-state index >= 15 is 0 Å². The second kappa shape index (κ2) is 12.1. The first-order valence-corrected chi connectivity index (χ1v) is 11.1. The molecule has 0 spiro atoms. The zero-order valence-electron chi connectivity index (χ0n) is 17.8. The Labute approximate surface area is 193 Å². The van der Waals surface area contributed by atoms with Crippen LogP contribution in [-0.2, 0) is 25.7 Å². The van der Waals surface area contributed by atoms with E-state index < -0.39 is 12.0 Å². The summed E-state index contributed by atoms with van der Waals surface area (Å²) in [7, 11) is 0. The van der Waals surface area contributed by atoms with Crippen molar-refractivity contribution in [1.29, 1.82) is 0 Å². The number of amides is 2. The van der Waals surface area contributed by atoms with E-state index in [1.807, 2.05) is 54.6 Å². The van der Waals surface area contributed by atoms with Crippen LogP contribution >= 0.6 is 11.6 Å². The summed E-state index contributed by atoms with van der Waals surface area (Å²) in [5.74, 6) is -1.26. The summed E-state index contributed by atoms with van der Waals surface area (Å²) in [6.45, 7) is 0.521. The Bertz CT molecular complexity index is 944. The molecule has 168 valence electrons. The average molecular weight is 455 g/mol. The Hall–Kier alpha value is -3.12. The summed E-state index contributed by atoms with van der Waals surface area (Å²) in [5.41, 5.74) is 1.74. The van der Waals surface area contributed by atoms with Crippen LogP contribution in [0.3, 0.4) is 0 Å². The number of hydrogen-bond acceptors (Lipinski definition) is 4. The monoisotopic (exact) mass is 454 g/mol. The van der Waals surface area contributed by atoms with Crippen LogP contribution in [0.1, 0.15) is 42.9 Å². The van der Waals surface area contributed by atoms with Gasteiger partial charge in [-0.05, 0) is 36.1 Å². The second-order valence-electron chi connectivity index (χ2n) is 7.68. The lowest BCUT2D eigenvalue weighted by Crippen LogP contribution is -2.37. The smallest absolute Gasteiger partial charge is 0.306 e. The summed E-state index contributed by atoms with van der Waals surface area (Å²) in [6, 6.07) is 16.5.